The van der Waals surface area contributed by atoms with Crippen molar-refractivity contribution < 1.29 is 17.9 Å². The molecule has 0 aliphatic carbocycles. The van der Waals surface area contributed by atoms with Crippen molar-refractivity contribution in [3.63, 3.8) is 0 Å². The fourth-order valence-corrected chi connectivity index (χ4v) is 3.44. The van der Waals surface area contributed by atoms with Crippen LogP contribution in [0.2, 0.25) is 5.02 Å². The summed E-state index contributed by atoms with van der Waals surface area (Å²) in [5.74, 6) is -0.362. The van der Waals surface area contributed by atoms with E-state index in [0.29, 0.717) is 19.8 Å². The lowest BCUT2D eigenvalue weighted by molar-refractivity contribution is 0.0670. The molecule has 0 saturated carbocycles. The van der Waals surface area contributed by atoms with Crippen LogP contribution in [0, 0.1) is 0 Å². The first kappa shape index (κ1) is 21.4. The monoisotopic (exact) mass is 410 g/mol. The molecule has 2 rings (SSSR count). The van der Waals surface area contributed by atoms with Crippen LogP contribution in [0.4, 0.5) is 0 Å². The Morgan fingerprint density at radius 2 is 1.74 bits per heavy atom. The van der Waals surface area contributed by atoms with E-state index in [9.17, 15) is 13.2 Å². The van der Waals surface area contributed by atoms with Gasteiger partial charge in [0, 0.05) is 27.7 Å². The number of nitrogens with zero attached hydrogens (tertiary/aromatic N) is 2. The summed E-state index contributed by atoms with van der Waals surface area (Å²) in [6.07, 6.45) is 0. The Balaban J connectivity index is 2.01. The van der Waals surface area contributed by atoms with Crippen molar-refractivity contribution in [2.24, 2.45) is 0 Å². The minimum atomic E-state index is -3.65. The minimum Gasteiger partial charge on any atom is -0.375 e. The first-order valence-electron chi connectivity index (χ1n) is 8.32. The molecule has 2 aromatic carbocycles. The molecule has 1 amide bonds. The number of carbonyl (C=O) groups excluding carboxylic acids is 1. The summed E-state index contributed by atoms with van der Waals surface area (Å²) < 4.78 is 31.2. The molecule has 6 nitrogen and oxygen atoms in total. The second-order valence-electron chi connectivity index (χ2n) is 6.19. The molecular weight excluding hydrogens is 388 g/mol. The van der Waals surface area contributed by atoms with Gasteiger partial charge in [-0.1, -0.05) is 41.9 Å². The molecule has 0 spiro atoms. The maximum Gasteiger partial charge on any atom is 0.255 e. The molecule has 2 aromatic rings. The van der Waals surface area contributed by atoms with Gasteiger partial charge in [-0.3, -0.25) is 4.79 Å². The third-order valence-electron chi connectivity index (χ3n) is 3.98. The van der Waals surface area contributed by atoms with Crippen molar-refractivity contribution in [3.05, 3.63) is 64.7 Å². The van der Waals surface area contributed by atoms with Crippen molar-refractivity contribution in [1.29, 1.82) is 0 Å². The van der Waals surface area contributed by atoms with Gasteiger partial charge in [0.05, 0.1) is 28.7 Å². The van der Waals surface area contributed by atoms with E-state index >= 15 is 0 Å². The summed E-state index contributed by atoms with van der Waals surface area (Å²) in [5, 5.41) is 0.203. The van der Waals surface area contributed by atoms with Crippen molar-refractivity contribution >= 4 is 27.5 Å². The summed E-state index contributed by atoms with van der Waals surface area (Å²) >= 11 is 6.12. The number of sulfonamides is 1. The van der Waals surface area contributed by atoms with Crippen LogP contribution < -0.4 is 0 Å². The highest BCUT2D eigenvalue weighted by Crippen LogP contribution is 2.23. The first-order valence-corrected chi connectivity index (χ1v) is 10.1. The highest BCUT2D eigenvalue weighted by Gasteiger charge is 2.22. The van der Waals surface area contributed by atoms with Gasteiger partial charge in [0.1, 0.15) is 0 Å². The molecule has 0 aromatic heterocycles. The molecule has 27 heavy (non-hydrogen) atoms. The number of carbonyl (C=O) groups is 1. The lowest BCUT2D eigenvalue weighted by atomic mass is 10.2. The van der Waals surface area contributed by atoms with E-state index in [4.69, 9.17) is 16.3 Å². The quantitative estimate of drug-likeness (QED) is 0.627. The Labute approximate surface area is 165 Å². The van der Waals surface area contributed by atoms with Gasteiger partial charge in [-0.15, -0.1) is 0 Å². The Hall–Kier alpha value is -1.93. The normalized spacial score (nSPS) is 11.6. The van der Waals surface area contributed by atoms with Crippen molar-refractivity contribution in [1.82, 2.24) is 9.21 Å². The van der Waals surface area contributed by atoms with Crippen LogP contribution in [-0.2, 0) is 21.4 Å². The number of ether oxygens (including phenoxy) is 1. The van der Waals surface area contributed by atoms with E-state index in [-0.39, 0.29) is 21.4 Å². The van der Waals surface area contributed by atoms with E-state index in [2.05, 4.69) is 0 Å². The second kappa shape index (κ2) is 9.32. The number of amides is 1. The zero-order valence-electron chi connectivity index (χ0n) is 15.6. The summed E-state index contributed by atoms with van der Waals surface area (Å²) in [6, 6.07) is 13.8. The third kappa shape index (κ3) is 5.52. The van der Waals surface area contributed by atoms with Gasteiger partial charge >= 0.3 is 0 Å². The lowest BCUT2D eigenvalue weighted by Gasteiger charge is -2.19. The van der Waals surface area contributed by atoms with E-state index in [0.717, 1.165) is 9.87 Å². The van der Waals surface area contributed by atoms with Gasteiger partial charge in [-0.25, -0.2) is 12.7 Å². The molecule has 0 aliphatic rings. The summed E-state index contributed by atoms with van der Waals surface area (Å²) in [4.78, 5) is 14.1. The van der Waals surface area contributed by atoms with Crippen LogP contribution in [0.15, 0.2) is 53.4 Å². The minimum absolute atomic E-state index is 0.0222. The van der Waals surface area contributed by atoms with Crippen LogP contribution in [-0.4, -0.2) is 57.8 Å². The largest absolute Gasteiger partial charge is 0.375 e. The average molecular weight is 411 g/mol. The van der Waals surface area contributed by atoms with Gasteiger partial charge < -0.3 is 9.64 Å². The van der Waals surface area contributed by atoms with Crippen LogP contribution in [0.3, 0.4) is 0 Å². The molecule has 0 bridgehead atoms. The third-order valence-corrected chi connectivity index (χ3v) is 6.12. The molecule has 0 atom stereocenters. The van der Waals surface area contributed by atoms with E-state index in [1.165, 1.54) is 37.2 Å². The van der Waals surface area contributed by atoms with Crippen LogP contribution >= 0.6 is 11.6 Å². The molecule has 0 fully saturated rings. The number of hydrogen-bond donors (Lipinski definition) is 0. The average Bonchev–Trinajstić information content (AvgIpc) is 2.65. The molecule has 0 saturated heterocycles. The fraction of sp³-hybridized carbons (Fsp3) is 0.316. The molecule has 0 radical (unpaired) electrons. The predicted molar refractivity (Wildman–Crippen MR) is 105 cm³/mol. The first-order chi connectivity index (χ1) is 12.7. The van der Waals surface area contributed by atoms with Crippen LogP contribution in [0.5, 0.6) is 0 Å². The lowest BCUT2D eigenvalue weighted by Crippen LogP contribution is -2.30. The maximum atomic E-state index is 12.7. The molecule has 8 heteroatoms. The molecule has 0 aliphatic heterocycles. The SMILES string of the molecule is CN(CCOCc1ccccc1)C(=O)c1cc(S(=O)(=O)N(C)C)ccc1Cl. The number of benzene rings is 2. The highest BCUT2D eigenvalue weighted by molar-refractivity contribution is 7.89. The summed E-state index contributed by atoms with van der Waals surface area (Å²) in [5.41, 5.74) is 1.20. The Morgan fingerprint density at radius 3 is 2.37 bits per heavy atom. The van der Waals surface area contributed by atoms with E-state index in [1.807, 2.05) is 30.3 Å². The zero-order chi connectivity index (χ0) is 20.0. The van der Waals surface area contributed by atoms with E-state index in [1.54, 1.807) is 7.05 Å². The molecule has 0 N–H and O–H groups in total. The number of halogens is 1. The topological polar surface area (TPSA) is 66.9 Å². The Morgan fingerprint density at radius 1 is 1.07 bits per heavy atom. The standard InChI is InChI=1S/C19H23ClN2O4S/c1-21(2)27(24,25)16-9-10-18(20)17(13-16)19(23)22(3)11-12-26-14-15-7-5-4-6-8-15/h4-10,13H,11-12,14H2,1-3H3. The van der Waals surface area contributed by atoms with Crippen molar-refractivity contribution in [2.45, 2.75) is 11.5 Å². The van der Waals surface area contributed by atoms with Gasteiger partial charge in [-0.2, -0.15) is 0 Å². The van der Waals surface area contributed by atoms with Gasteiger partial charge in [-0.05, 0) is 23.8 Å². The van der Waals surface area contributed by atoms with Gasteiger partial charge in [0.25, 0.3) is 5.91 Å². The molecule has 146 valence electrons. The molecule has 0 heterocycles. The molecular formula is C19H23ClN2O4S. The van der Waals surface area contributed by atoms with Crippen molar-refractivity contribution in [3.8, 4) is 0 Å². The number of hydrogen-bond acceptors (Lipinski definition) is 4. The van der Waals surface area contributed by atoms with E-state index < -0.39 is 10.0 Å². The predicted octanol–water partition coefficient (Wildman–Crippen LogP) is 2.88. The van der Waals surface area contributed by atoms with Gasteiger partial charge in [0.2, 0.25) is 10.0 Å². The van der Waals surface area contributed by atoms with Gasteiger partial charge in [0.15, 0.2) is 0 Å². The number of rotatable bonds is 8. The smallest absolute Gasteiger partial charge is 0.255 e. The van der Waals surface area contributed by atoms with Crippen molar-refractivity contribution in [2.75, 3.05) is 34.3 Å². The maximum absolute atomic E-state index is 12.7. The highest BCUT2D eigenvalue weighted by atomic mass is 35.5. The Kier molecular flexibility index (Phi) is 7.38. The molecule has 0 unspecified atom stereocenters. The Bertz CT molecular complexity index is 886. The van der Waals surface area contributed by atoms with Crippen LogP contribution in [0.1, 0.15) is 15.9 Å². The number of likely N-dealkylation sites (N-methyl/N-ethyl adjacent to an activating group) is 1. The van der Waals surface area contributed by atoms with Crippen LogP contribution in [0.25, 0.3) is 0 Å². The summed E-state index contributed by atoms with van der Waals surface area (Å²) in [7, 11) is 0.839. The zero-order valence-corrected chi connectivity index (χ0v) is 17.1. The fourth-order valence-electron chi connectivity index (χ4n) is 2.31. The summed E-state index contributed by atoms with van der Waals surface area (Å²) in [6.45, 7) is 1.16. The second-order valence-corrected chi connectivity index (χ2v) is 8.75.